The Morgan fingerprint density at radius 1 is 1.00 bits per heavy atom. The van der Waals surface area contributed by atoms with E-state index in [4.69, 9.17) is 13.9 Å². The molecule has 2 aromatic carbocycles. The van der Waals surface area contributed by atoms with Crippen LogP contribution in [-0.4, -0.2) is 34.9 Å². The first-order chi connectivity index (χ1) is 16.7. The minimum atomic E-state index is -0.776. The van der Waals surface area contributed by atoms with Gasteiger partial charge in [-0.25, -0.2) is 0 Å². The predicted octanol–water partition coefficient (Wildman–Crippen LogP) is 4.97. The van der Waals surface area contributed by atoms with E-state index in [1.165, 1.54) is 11.2 Å². The van der Waals surface area contributed by atoms with Crippen LogP contribution >= 0.6 is 0 Å². The molecule has 3 aromatic rings. The molecule has 180 valence electrons. The molecule has 0 spiro atoms. The number of hydrogen-bond acceptors (Lipinski definition) is 6. The summed E-state index contributed by atoms with van der Waals surface area (Å²) in [5.74, 6) is -0.0921. The SMILES string of the molecule is CC(C)(C)c1ccc(C2C(=C(O)c3ccc4c(c3)OCCO4)C(=O)C(=O)N2Cc2ccco2)cc1. The molecule has 2 aliphatic heterocycles. The van der Waals surface area contributed by atoms with Gasteiger partial charge in [-0.2, -0.15) is 0 Å². The molecule has 1 aromatic heterocycles. The summed E-state index contributed by atoms with van der Waals surface area (Å²) in [7, 11) is 0. The second kappa shape index (κ2) is 8.65. The Morgan fingerprint density at radius 3 is 2.37 bits per heavy atom. The molecule has 7 heteroatoms. The fourth-order valence-electron chi connectivity index (χ4n) is 4.47. The Kier molecular flexibility index (Phi) is 5.63. The van der Waals surface area contributed by atoms with Crippen LogP contribution in [0.5, 0.6) is 11.5 Å². The first kappa shape index (κ1) is 22.8. The third-order valence-corrected chi connectivity index (χ3v) is 6.35. The Balaban J connectivity index is 1.62. The molecule has 1 atom stereocenters. The van der Waals surface area contributed by atoms with E-state index in [-0.39, 0.29) is 23.3 Å². The minimum absolute atomic E-state index is 0.0294. The van der Waals surface area contributed by atoms with Crippen LogP contribution in [-0.2, 0) is 21.5 Å². The summed E-state index contributed by atoms with van der Waals surface area (Å²) in [6.07, 6.45) is 1.52. The number of rotatable bonds is 4. The van der Waals surface area contributed by atoms with E-state index in [1.54, 1.807) is 30.3 Å². The number of Topliss-reactive ketones (excluding diaryl/α,β-unsaturated/α-hetero) is 1. The maximum absolute atomic E-state index is 13.3. The van der Waals surface area contributed by atoms with Gasteiger partial charge in [-0.05, 0) is 46.9 Å². The van der Waals surface area contributed by atoms with Gasteiger partial charge in [-0.1, -0.05) is 45.0 Å². The van der Waals surface area contributed by atoms with Gasteiger partial charge in [0.2, 0.25) is 0 Å². The maximum Gasteiger partial charge on any atom is 0.296 e. The summed E-state index contributed by atoms with van der Waals surface area (Å²) in [5, 5.41) is 11.3. The van der Waals surface area contributed by atoms with Crippen LogP contribution in [0.25, 0.3) is 5.76 Å². The molecule has 1 fully saturated rings. The number of furan rings is 1. The number of aliphatic hydroxyl groups is 1. The fourth-order valence-corrected chi connectivity index (χ4v) is 4.47. The van der Waals surface area contributed by atoms with Crippen LogP contribution in [0, 0.1) is 0 Å². The number of nitrogens with zero attached hydrogens (tertiary/aromatic N) is 1. The van der Waals surface area contributed by atoms with Gasteiger partial charge in [-0.3, -0.25) is 9.59 Å². The van der Waals surface area contributed by atoms with E-state index < -0.39 is 17.7 Å². The zero-order valence-electron chi connectivity index (χ0n) is 19.9. The van der Waals surface area contributed by atoms with E-state index in [0.717, 1.165) is 11.1 Å². The van der Waals surface area contributed by atoms with Crippen molar-refractivity contribution >= 4 is 17.4 Å². The van der Waals surface area contributed by atoms with E-state index in [0.29, 0.717) is 36.0 Å². The van der Waals surface area contributed by atoms with Crippen molar-refractivity contribution in [3.05, 3.63) is 88.9 Å². The number of carbonyl (C=O) groups is 2. The predicted molar refractivity (Wildman–Crippen MR) is 129 cm³/mol. The van der Waals surface area contributed by atoms with Crippen molar-refractivity contribution in [3.63, 3.8) is 0 Å². The molecule has 0 bridgehead atoms. The first-order valence-electron chi connectivity index (χ1n) is 11.6. The molecule has 2 aliphatic rings. The van der Waals surface area contributed by atoms with Gasteiger partial charge in [0.1, 0.15) is 24.7 Å². The van der Waals surface area contributed by atoms with Crippen molar-refractivity contribution in [1.29, 1.82) is 0 Å². The number of benzene rings is 2. The van der Waals surface area contributed by atoms with E-state index in [1.807, 2.05) is 24.3 Å². The highest BCUT2D eigenvalue weighted by Gasteiger charge is 2.46. The molecule has 1 N–H and O–H groups in total. The summed E-state index contributed by atoms with van der Waals surface area (Å²) >= 11 is 0. The summed E-state index contributed by atoms with van der Waals surface area (Å²) < 4.78 is 16.7. The van der Waals surface area contributed by atoms with Gasteiger partial charge in [0, 0.05) is 5.56 Å². The monoisotopic (exact) mass is 473 g/mol. The van der Waals surface area contributed by atoms with Crippen LogP contribution in [0.1, 0.15) is 49.3 Å². The second-order valence-electron chi connectivity index (χ2n) is 9.74. The zero-order chi connectivity index (χ0) is 24.7. The lowest BCUT2D eigenvalue weighted by atomic mass is 9.85. The number of amides is 1. The van der Waals surface area contributed by atoms with E-state index in [9.17, 15) is 14.7 Å². The van der Waals surface area contributed by atoms with Gasteiger partial charge in [0.05, 0.1) is 24.4 Å². The Hall–Kier alpha value is -4.00. The molecule has 35 heavy (non-hydrogen) atoms. The molecule has 1 saturated heterocycles. The summed E-state index contributed by atoms with van der Waals surface area (Å²) in [5.41, 5.74) is 2.20. The quantitative estimate of drug-likeness (QED) is 0.327. The summed E-state index contributed by atoms with van der Waals surface area (Å²) in [6.45, 7) is 7.29. The van der Waals surface area contributed by atoms with Crippen LogP contribution in [0.3, 0.4) is 0 Å². The molecule has 7 nitrogen and oxygen atoms in total. The number of aliphatic hydroxyl groups excluding tert-OH is 1. The lowest BCUT2D eigenvalue weighted by Gasteiger charge is -2.26. The van der Waals surface area contributed by atoms with Crippen molar-refractivity contribution in [3.8, 4) is 11.5 Å². The van der Waals surface area contributed by atoms with Crippen molar-refractivity contribution in [2.75, 3.05) is 13.2 Å². The number of fused-ring (bicyclic) bond motifs is 1. The number of carbonyl (C=O) groups excluding carboxylic acids is 2. The normalized spacial score (nSPS) is 19.3. The molecule has 5 rings (SSSR count). The highest BCUT2D eigenvalue weighted by Crippen LogP contribution is 2.42. The summed E-state index contributed by atoms with van der Waals surface area (Å²) in [6, 6.07) is 15.5. The number of ether oxygens (including phenoxy) is 2. The Labute approximate surface area is 203 Å². The lowest BCUT2D eigenvalue weighted by Crippen LogP contribution is -2.29. The molecule has 0 aliphatic carbocycles. The van der Waals surface area contributed by atoms with Gasteiger partial charge in [0.15, 0.2) is 11.5 Å². The zero-order valence-corrected chi connectivity index (χ0v) is 19.9. The lowest BCUT2D eigenvalue weighted by molar-refractivity contribution is -0.140. The molecular formula is C28H27NO6. The van der Waals surface area contributed by atoms with Crippen molar-refractivity contribution in [1.82, 2.24) is 4.90 Å². The summed E-state index contributed by atoms with van der Waals surface area (Å²) in [4.78, 5) is 27.9. The van der Waals surface area contributed by atoms with Crippen molar-refractivity contribution < 1.29 is 28.6 Å². The highest BCUT2D eigenvalue weighted by atomic mass is 16.6. The van der Waals surface area contributed by atoms with Crippen molar-refractivity contribution in [2.24, 2.45) is 0 Å². The van der Waals surface area contributed by atoms with Gasteiger partial charge < -0.3 is 23.9 Å². The van der Waals surface area contributed by atoms with Crippen LogP contribution in [0.2, 0.25) is 0 Å². The van der Waals surface area contributed by atoms with E-state index in [2.05, 4.69) is 20.8 Å². The van der Waals surface area contributed by atoms with Crippen LogP contribution < -0.4 is 9.47 Å². The van der Waals surface area contributed by atoms with Crippen LogP contribution in [0.4, 0.5) is 0 Å². The Bertz CT molecular complexity index is 1300. The Morgan fingerprint density at radius 2 is 1.71 bits per heavy atom. The van der Waals surface area contributed by atoms with E-state index >= 15 is 0 Å². The van der Waals surface area contributed by atoms with Crippen molar-refractivity contribution in [2.45, 2.75) is 38.8 Å². The fraction of sp³-hybridized carbons (Fsp3) is 0.286. The highest BCUT2D eigenvalue weighted by molar-refractivity contribution is 6.46. The maximum atomic E-state index is 13.3. The smallest absolute Gasteiger partial charge is 0.296 e. The number of likely N-dealkylation sites (tertiary alicyclic amines) is 1. The molecule has 0 radical (unpaired) electrons. The molecule has 1 unspecified atom stereocenters. The topological polar surface area (TPSA) is 89.2 Å². The molecular weight excluding hydrogens is 446 g/mol. The molecule has 0 saturated carbocycles. The average molecular weight is 474 g/mol. The largest absolute Gasteiger partial charge is 0.507 e. The molecule has 1 amide bonds. The average Bonchev–Trinajstić information content (AvgIpc) is 3.45. The third kappa shape index (κ3) is 4.18. The van der Waals surface area contributed by atoms with Crippen LogP contribution in [0.15, 0.2) is 70.9 Å². The van der Waals surface area contributed by atoms with Gasteiger partial charge in [0.25, 0.3) is 11.7 Å². The second-order valence-corrected chi connectivity index (χ2v) is 9.74. The number of ketones is 1. The first-order valence-corrected chi connectivity index (χ1v) is 11.6. The molecule has 3 heterocycles. The standard InChI is InChI=1S/C28H27NO6/c1-28(2,3)19-9-6-17(7-10-19)24-23(26(31)27(32)29(24)16-20-5-4-12-33-20)25(30)18-8-11-21-22(15-18)35-14-13-34-21/h4-12,15,24,30H,13-14,16H2,1-3H3. The third-order valence-electron chi connectivity index (χ3n) is 6.35. The minimum Gasteiger partial charge on any atom is -0.507 e. The van der Waals surface area contributed by atoms with Gasteiger partial charge in [-0.15, -0.1) is 0 Å². The van der Waals surface area contributed by atoms with Gasteiger partial charge >= 0.3 is 0 Å². The number of hydrogen-bond donors (Lipinski definition) is 1.